The van der Waals surface area contributed by atoms with Gasteiger partial charge >= 0.3 is 0 Å². The Bertz CT molecular complexity index is 1070. The number of hydrogen-bond acceptors (Lipinski definition) is 6. The Kier molecular flexibility index (Phi) is 7.39. The van der Waals surface area contributed by atoms with Gasteiger partial charge in [-0.3, -0.25) is 4.90 Å². The van der Waals surface area contributed by atoms with E-state index in [-0.39, 0.29) is 28.0 Å². The molecule has 0 aliphatic carbocycles. The molecule has 1 aliphatic rings. The van der Waals surface area contributed by atoms with Crippen molar-refractivity contribution in [2.75, 3.05) is 39.5 Å². The molecular formula is C24H33F2N5O2. The molecule has 2 aromatic rings. The van der Waals surface area contributed by atoms with Gasteiger partial charge in [0.2, 0.25) is 5.95 Å². The fourth-order valence-electron chi connectivity index (χ4n) is 3.76. The van der Waals surface area contributed by atoms with Crippen molar-refractivity contribution in [1.29, 1.82) is 5.26 Å². The highest BCUT2D eigenvalue weighted by molar-refractivity contribution is 5.84. The zero-order valence-corrected chi connectivity index (χ0v) is 20.3. The lowest BCUT2D eigenvalue weighted by atomic mass is 9.92. The first-order valence-corrected chi connectivity index (χ1v) is 11.2. The minimum absolute atomic E-state index is 0.0683. The predicted octanol–water partition coefficient (Wildman–Crippen LogP) is 4.76. The largest absolute Gasteiger partial charge is 0.479 e. The third-order valence-corrected chi connectivity index (χ3v) is 5.28. The first kappa shape index (κ1) is 25.1. The zero-order chi connectivity index (χ0) is 24.4. The van der Waals surface area contributed by atoms with Gasteiger partial charge < -0.3 is 14.0 Å². The molecule has 0 N–H and O–H groups in total. The zero-order valence-electron chi connectivity index (χ0n) is 20.3. The third-order valence-electron chi connectivity index (χ3n) is 5.28. The summed E-state index contributed by atoms with van der Waals surface area (Å²) in [7, 11) is 0. The number of aromatic nitrogens is 2. The number of aliphatic imine (C=N–C) groups is 1. The van der Waals surface area contributed by atoms with Crippen molar-refractivity contribution in [3.63, 3.8) is 0 Å². The average molecular weight is 462 g/mol. The highest BCUT2D eigenvalue weighted by atomic mass is 19.1. The van der Waals surface area contributed by atoms with Crippen molar-refractivity contribution in [3.05, 3.63) is 23.3 Å². The van der Waals surface area contributed by atoms with Crippen molar-refractivity contribution in [1.82, 2.24) is 14.5 Å². The number of morpholine rings is 1. The lowest BCUT2D eigenvalue weighted by Gasteiger charge is -2.27. The van der Waals surface area contributed by atoms with E-state index in [0.29, 0.717) is 32.1 Å². The molecule has 180 valence electrons. The summed E-state index contributed by atoms with van der Waals surface area (Å²) < 4.78 is 42.8. The van der Waals surface area contributed by atoms with E-state index in [1.807, 2.05) is 20.8 Å². The van der Waals surface area contributed by atoms with E-state index in [9.17, 15) is 9.65 Å². The van der Waals surface area contributed by atoms with Gasteiger partial charge in [0.25, 0.3) is 0 Å². The van der Waals surface area contributed by atoms with Crippen molar-refractivity contribution in [3.8, 4) is 6.07 Å². The first-order valence-electron chi connectivity index (χ1n) is 11.2. The Morgan fingerprint density at radius 1 is 1.21 bits per heavy atom. The van der Waals surface area contributed by atoms with E-state index < -0.39 is 17.2 Å². The molecule has 9 heteroatoms. The van der Waals surface area contributed by atoms with Crippen molar-refractivity contribution >= 4 is 22.9 Å². The summed E-state index contributed by atoms with van der Waals surface area (Å²) in [6, 6.07) is 2.59. The fraction of sp³-hybridized carbons (Fsp3) is 0.625. The number of halogens is 2. The third kappa shape index (κ3) is 6.06. The Morgan fingerprint density at radius 2 is 1.88 bits per heavy atom. The monoisotopic (exact) mass is 461 g/mol. The van der Waals surface area contributed by atoms with Crippen LogP contribution in [0.5, 0.6) is 0 Å². The molecule has 0 atom stereocenters. The Morgan fingerprint density at radius 3 is 2.45 bits per heavy atom. The summed E-state index contributed by atoms with van der Waals surface area (Å²) in [4.78, 5) is 11.2. The van der Waals surface area contributed by atoms with Crippen LogP contribution < -0.4 is 0 Å². The summed E-state index contributed by atoms with van der Waals surface area (Å²) in [6.45, 7) is 16.1. The molecular weight excluding hydrogens is 428 g/mol. The summed E-state index contributed by atoms with van der Waals surface area (Å²) in [5.41, 5.74) is -1.38. The molecule has 1 saturated heterocycles. The Balaban J connectivity index is 2.03. The molecule has 1 aromatic carbocycles. The molecule has 0 unspecified atom stereocenters. The molecule has 0 radical (unpaired) electrons. The van der Waals surface area contributed by atoms with E-state index in [1.54, 1.807) is 6.07 Å². The standard InChI is InChI=1S/C24H33F2N5O2/c1-23(2,3)14-18(33-12-9-30-7-10-32-11-8-30)28-22-29-20-17(25)13-16(15-27)19(26)21(20)31(22)24(4,5)6/h13H,7-12,14H2,1-6H3/b28-18-. The maximum atomic E-state index is 15.1. The topological polar surface area (TPSA) is 75.7 Å². The molecule has 3 rings (SSSR count). The van der Waals surface area contributed by atoms with Crippen LogP contribution in [0, 0.1) is 28.4 Å². The molecule has 2 heterocycles. The maximum absolute atomic E-state index is 15.1. The Hall–Kier alpha value is -2.57. The number of fused-ring (bicyclic) bond motifs is 1. The van der Waals surface area contributed by atoms with Gasteiger partial charge in [0, 0.05) is 31.6 Å². The average Bonchev–Trinajstić information content (AvgIpc) is 3.10. The number of nitriles is 1. The SMILES string of the molecule is CC(C)(C)C/C(=N/c1nc2c(F)cc(C#N)c(F)c2n1C(C)(C)C)OCCN1CCOCC1. The number of rotatable bonds is 5. The van der Waals surface area contributed by atoms with Gasteiger partial charge in [-0.2, -0.15) is 10.3 Å². The highest BCUT2D eigenvalue weighted by Gasteiger charge is 2.28. The van der Waals surface area contributed by atoms with Crippen molar-refractivity contribution in [2.24, 2.45) is 10.4 Å². The van der Waals surface area contributed by atoms with Crippen LogP contribution in [-0.2, 0) is 15.0 Å². The molecule has 1 aliphatic heterocycles. The smallest absolute Gasteiger partial charge is 0.234 e. The molecule has 1 fully saturated rings. The lowest BCUT2D eigenvalue weighted by Crippen LogP contribution is -2.38. The quantitative estimate of drug-likeness (QED) is 0.474. The molecule has 7 nitrogen and oxygen atoms in total. The lowest BCUT2D eigenvalue weighted by molar-refractivity contribution is 0.0312. The van der Waals surface area contributed by atoms with Gasteiger partial charge in [0.15, 0.2) is 17.5 Å². The summed E-state index contributed by atoms with van der Waals surface area (Å²) in [5.74, 6) is -0.953. The van der Waals surface area contributed by atoms with E-state index in [2.05, 4.69) is 35.6 Å². The van der Waals surface area contributed by atoms with Crippen LogP contribution >= 0.6 is 0 Å². The minimum atomic E-state index is -0.802. The van der Waals surface area contributed by atoms with Gasteiger partial charge in [-0.05, 0) is 32.3 Å². The molecule has 33 heavy (non-hydrogen) atoms. The van der Waals surface area contributed by atoms with Gasteiger partial charge in [-0.1, -0.05) is 20.8 Å². The molecule has 0 amide bonds. The number of benzene rings is 1. The van der Waals surface area contributed by atoms with Crippen LogP contribution in [0.25, 0.3) is 11.0 Å². The molecule has 0 spiro atoms. The van der Waals surface area contributed by atoms with Crippen LogP contribution in [-0.4, -0.2) is 59.8 Å². The normalized spacial score (nSPS) is 16.3. The van der Waals surface area contributed by atoms with Crippen molar-refractivity contribution < 1.29 is 18.3 Å². The van der Waals surface area contributed by atoms with Gasteiger partial charge in [-0.25, -0.2) is 13.8 Å². The second-order valence-corrected chi connectivity index (χ2v) is 10.5. The first-order chi connectivity index (χ1) is 15.4. The van der Waals surface area contributed by atoms with E-state index in [0.717, 1.165) is 25.7 Å². The minimum Gasteiger partial charge on any atom is -0.479 e. The van der Waals surface area contributed by atoms with Gasteiger partial charge in [-0.15, -0.1) is 0 Å². The molecule has 1 aromatic heterocycles. The van der Waals surface area contributed by atoms with Crippen LogP contribution in [0.15, 0.2) is 11.1 Å². The number of hydrogen-bond donors (Lipinski definition) is 0. The van der Waals surface area contributed by atoms with E-state index >= 15 is 4.39 Å². The summed E-state index contributed by atoms with van der Waals surface area (Å²) in [6.07, 6.45) is 0.526. The fourth-order valence-corrected chi connectivity index (χ4v) is 3.76. The van der Waals surface area contributed by atoms with Crippen LogP contribution in [0.2, 0.25) is 0 Å². The van der Waals surface area contributed by atoms with Gasteiger partial charge in [0.1, 0.15) is 23.7 Å². The van der Waals surface area contributed by atoms with E-state index in [1.165, 1.54) is 4.57 Å². The van der Waals surface area contributed by atoms with Crippen LogP contribution in [0.4, 0.5) is 14.7 Å². The van der Waals surface area contributed by atoms with Crippen LogP contribution in [0.3, 0.4) is 0 Å². The number of nitrogens with zero attached hydrogens (tertiary/aromatic N) is 5. The maximum Gasteiger partial charge on any atom is 0.234 e. The second-order valence-electron chi connectivity index (χ2n) is 10.5. The second kappa shape index (κ2) is 9.74. The number of imidazole rings is 1. The highest BCUT2D eigenvalue weighted by Crippen LogP contribution is 2.34. The van der Waals surface area contributed by atoms with Crippen molar-refractivity contribution in [2.45, 2.75) is 53.5 Å². The molecule has 0 saturated carbocycles. The summed E-state index contributed by atoms with van der Waals surface area (Å²) >= 11 is 0. The van der Waals surface area contributed by atoms with Gasteiger partial charge in [0.05, 0.1) is 18.8 Å². The molecule has 0 bridgehead atoms. The van der Waals surface area contributed by atoms with E-state index in [4.69, 9.17) is 9.47 Å². The van der Waals surface area contributed by atoms with Crippen LogP contribution in [0.1, 0.15) is 53.5 Å². The Labute approximate surface area is 194 Å². The summed E-state index contributed by atoms with van der Waals surface area (Å²) in [5, 5.41) is 9.23. The predicted molar refractivity (Wildman–Crippen MR) is 124 cm³/mol. The number of ether oxygens (including phenoxy) is 2.